The van der Waals surface area contributed by atoms with Crippen molar-refractivity contribution in [2.75, 3.05) is 19.3 Å². The van der Waals surface area contributed by atoms with Gasteiger partial charge in [-0.15, -0.1) is 0 Å². The Morgan fingerprint density at radius 2 is 1.49 bits per heavy atom. The largest absolute Gasteiger partial charge is 0.416 e. The Morgan fingerprint density at radius 1 is 0.854 bits per heavy atom. The Morgan fingerprint density at radius 3 is 2.05 bits per heavy atom. The topological polar surface area (TPSA) is 70.8 Å². The third-order valence-corrected chi connectivity index (χ3v) is 5.74. The van der Waals surface area contributed by atoms with E-state index in [1.165, 1.54) is 37.0 Å². The molecule has 0 aliphatic carbocycles. The number of aromatic amines is 1. The molecule has 0 spiro atoms. The van der Waals surface area contributed by atoms with Gasteiger partial charge in [-0.05, 0) is 68.1 Å². The van der Waals surface area contributed by atoms with E-state index in [1.807, 2.05) is 13.8 Å². The average molecular weight is 602 g/mol. The van der Waals surface area contributed by atoms with Crippen molar-refractivity contribution in [1.82, 2.24) is 25.0 Å². The lowest BCUT2D eigenvalue weighted by atomic mass is 10.1. The molecular formula is C28H33F6N5OS. The van der Waals surface area contributed by atoms with E-state index >= 15 is 0 Å². The van der Waals surface area contributed by atoms with E-state index in [4.69, 9.17) is 4.52 Å². The molecular weight excluding hydrogens is 568 g/mol. The molecule has 5 rings (SSSR count). The van der Waals surface area contributed by atoms with E-state index in [0.717, 1.165) is 50.2 Å². The van der Waals surface area contributed by atoms with Crippen LogP contribution in [0.5, 0.6) is 0 Å². The van der Waals surface area contributed by atoms with Crippen molar-refractivity contribution in [3.05, 3.63) is 78.0 Å². The van der Waals surface area contributed by atoms with Crippen molar-refractivity contribution in [2.24, 2.45) is 0 Å². The molecule has 0 atom stereocenters. The first-order valence-electron chi connectivity index (χ1n) is 12.9. The second-order valence-corrected chi connectivity index (χ2v) is 8.47. The van der Waals surface area contributed by atoms with Gasteiger partial charge in [-0.25, -0.2) is 4.98 Å². The maximum atomic E-state index is 12.7. The van der Waals surface area contributed by atoms with Crippen LogP contribution >= 0.6 is 12.6 Å². The highest BCUT2D eigenvalue weighted by Crippen LogP contribution is 2.32. The van der Waals surface area contributed by atoms with Crippen molar-refractivity contribution in [3.63, 3.8) is 0 Å². The number of aromatic nitrogens is 4. The smallest absolute Gasteiger partial charge is 0.345 e. The summed E-state index contributed by atoms with van der Waals surface area (Å²) in [5.74, 6) is 0.632. The molecule has 3 heterocycles. The Kier molecular flexibility index (Phi) is 13.4. The molecule has 0 saturated carbocycles. The minimum Gasteiger partial charge on any atom is -0.345 e. The van der Waals surface area contributed by atoms with Crippen LogP contribution < -0.4 is 0 Å². The number of likely N-dealkylation sites (tertiary alicyclic amines) is 1. The quantitative estimate of drug-likeness (QED) is 0.182. The van der Waals surface area contributed by atoms with E-state index in [2.05, 4.69) is 37.6 Å². The number of hydrogen-bond acceptors (Lipinski definition) is 6. The van der Waals surface area contributed by atoms with Crippen molar-refractivity contribution < 1.29 is 30.9 Å². The Labute approximate surface area is 240 Å². The highest BCUT2D eigenvalue weighted by Gasteiger charge is 2.31. The second kappa shape index (κ2) is 16.2. The van der Waals surface area contributed by atoms with Crippen LogP contribution in [0.25, 0.3) is 22.7 Å². The van der Waals surface area contributed by atoms with Crippen LogP contribution in [0.2, 0.25) is 0 Å². The Bertz CT molecular complexity index is 1270. The minimum atomic E-state index is -4.38. The molecule has 0 amide bonds. The number of benzene rings is 2. The van der Waals surface area contributed by atoms with Gasteiger partial charge >= 0.3 is 12.4 Å². The van der Waals surface area contributed by atoms with Crippen LogP contribution in [0.1, 0.15) is 50.1 Å². The monoisotopic (exact) mass is 601 g/mol. The summed E-state index contributed by atoms with van der Waals surface area (Å²) in [5, 5.41) is 3.87. The lowest BCUT2D eigenvalue weighted by Gasteiger charge is -2.24. The fourth-order valence-electron chi connectivity index (χ4n) is 3.83. The van der Waals surface area contributed by atoms with Gasteiger partial charge in [0.1, 0.15) is 0 Å². The predicted octanol–water partition coefficient (Wildman–Crippen LogP) is 8.41. The molecule has 0 radical (unpaired) electrons. The molecule has 1 N–H and O–H groups in total. The summed E-state index contributed by atoms with van der Waals surface area (Å²) in [7, 11) is 0. The summed E-state index contributed by atoms with van der Waals surface area (Å²) in [6.45, 7) is 6.56. The van der Waals surface area contributed by atoms with Gasteiger partial charge in [-0.3, -0.25) is 4.90 Å². The molecule has 0 bridgehead atoms. The van der Waals surface area contributed by atoms with E-state index in [0.29, 0.717) is 23.6 Å². The Hall–Kier alpha value is -3.32. The van der Waals surface area contributed by atoms with Crippen molar-refractivity contribution in [2.45, 2.75) is 52.0 Å². The number of piperidine rings is 1. The number of H-pyrrole nitrogens is 1. The third-order valence-electron chi connectivity index (χ3n) is 5.74. The molecule has 1 aliphatic rings. The van der Waals surface area contributed by atoms with Crippen molar-refractivity contribution in [3.8, 4) is 22.7 Å². The van der Waals surface area contributed by atoms with Gasteiger partial charge in [-0.1, -0.05) is 43.6 Å². The van der Waals surface area contributed by atoms with Crippen molar-refractivity contribution in [1.29, 1.82) is 0 Å². The number of imidazole rings is 1. The van der Waals surface area contributed by atoms with Crippen molar-refractivity contribution >= 4 is 12.6 Å². The molecule has 13 heteroatoms. The highest BCUT2D eigenvalue weighted by molar-refractivity contribution is 7.79. The summed E-state index contributed by atoms with van der Waals surface area (Å²) >= 11 is 3.53. The molecule has 2 aromatic heterocycles. The van der Waals surface area contributed by atoms with E-state index < -0.39 is 23.5 Å². The van der Waals surface area contributed by atoms with Crippen LogP contribution in [0.3, 0.4) is 0 Å². The zero-order chi connectivity index (χ0) is 30.5. The molecule has 6 nitrogen and oxygen atoms in total. The van der Waals surface area contributed by atoms with Gasteiger partial charge in [0.2, 0.25) is 0 Å². The number of nitrogens with zero attached hydrogens (tertiary/aromatic N) is 4. The number of rotatable bonds is 4. The molecule has 0 unspecified atom stereocenters. The van der Waals surface area contributed by atoms with Crippen LogP contribution in [0.4, 0.5) is 26.3 Å². The molecule has 4 aromatic rings. The third kappa shape index (κ3) is 10.5. The molecule has 224 valence electrons. The zero-order valence-electron chi connectivity index (χ0n) is 22.9. The standard InChI is InChI=1S/C15H16F3N3O.C10H7F3N2.C2H6.CH4S/c16-15(17,18)12-6-4-5-11(9-12)14-19-13(20-22-14)10-21-7-2-1-3-8-21;11-10(12,13)8-3-1-7(2-4-8)9-5-14-6-15-9;2*1-2/h4-6,9H,1-3,7-8,10H2;1-6H,(H,14,15);1-2H3;2H,1H3. The first kappa shape index (κ1) is 33.9. The number of thiol groups is 1. The van der Waals surface area contributed by atoms with Gasteiger partial charge in [0.25, 0.3) is 5.89 Å². The summed E-state index contributed by atoms with van der Waals surface area (Å²) in [5.41, 5.74) is 0.294. The fraction of sp³-hybridized carbons (Fsp3) is 0.393. The molecule has 1 saturated heterocycles. The van der Waals surface area contributed by atoms with E-state index in [1.54, 1.807) is 12.5 Å². The molecule has 1 fully saturated rings. The number of alkyl halides is 6. The summed E-state index contributed by atoms with van der Waals surface area (Å²) < 4.78 is 80.0. The lowest BCUT2D eigenvalue weighted by molar-refractivity contribution is -0.138. The molecule has 41 heavy (non-hydrogen) atoms. The van der Waals surface area contributed by atoms with E-state index in [-0.39, 0.29) is 11.5 Å². The van der Waals surface area contributed by atoms with Crippen LogP contribution in [-0.2, 0) is 18.9 Å². The van der Waals surface area contributed by atoms with Gasteiger partial charge in [0.05, 0.1) is 35.9 Å². The second-order valence-electron chi connectivity index (χ2n) is 8.47. The fourth-order valence-corrected chi connectivity index (χ4v) is 3.83. The van der Waals surface area contributed by atoms with Crippen LogP contribution in [0, 0.1) is 0 Å². The Balaban J connectivity index is 0.000000270. The maximum Gasteiger partial charge on any atom is 0.416 e. The summed E-state index contributed by atoms with van der Waals surface area (Å²) in [6, 6.07) is 9.85. The van der Waals surface area contributed by atoms with Crippen LogP contribution in [0.15, 0.2) is 65.6 Å². The van der Waals surface area contributed by atoms with Gasteiger partial charge < -0.3 is 9.51 Å². The van der Waals surface area contributed by atoms with E-state index in [9.17, 15) is 26.3 Å². The first-order valence-corrected chi connectivity index (χ1v) is 13.8. The zero-order valence-corrected chi connectivity index (χ0v) is 23.8. The highest BCUT2D eigenvalue weighted by atomic mass is 32.1. The number of halogens is 6. The van der Waals surface area contributed by atoms with Crippen LogP contribution in [-0.4, -0.2) is 44.4 Å². The van der Waals surface area contributed by atoms with Gasteiger partial charge in [-0.2, -0.15) is 44.0 Å². The summed E-state index contributed by atoms with van der Waals surface area (Å²) in [4.78, 5) is 13.0. The normalized spacial score (nSPS) is 13.6. The predicted molar refractivity (Wildman–Crippen MR) is 149 cm³/mol. The SMILES string of the molecule is CC.CS.FC(F)(F)c1ccc(-c2cnc[nH]2)cc1.FC(F)(F)c1cccc(-c2nc(CN3CCCCC3)no2)c1. The number of hydrogen-bond donors (Lipinski definition) is 2. The first-order chi connectivity index (χ1) is 19.6. The number of nitrogens with one attached hydrogen (secondary N) is 1. The molecule has 1 aliphatic heterocycles. The lowest BCUT2D eigenvalue weighted by Crippen LogP contribution is -2.29. The minimum absolute atomic E-state index is 0.123. The maximum absolute atomic E-state index is 12.7. The van der Waals surface area contributed by atoms with Gasteiger partial charge in [0, 0.05) is 5.56 Å². The molecule has 2 aromatic carbocycles. The van der Waals surface area contributed by atoms with Gasteiger partial charge in [0.15, 0.2) is 5.82 Å². The average Bonchev–Trinajstić information content (AvgIpc) is 3.69. The summed E-state index contributed by atoms with van der Waals surface area (Å²) in [6.07, 6.45) is -0.399.